The number of thioether (sulfide) groups is 1. The van der Waals surface area contributed by atoms with Gasteiger partial charge in [-0.2, -0.15) is 5.26 Å². The number of hydrogen-bond acceptors (Lipinski definition) is 5. The molecule has 0 saturated heterocycles. The number of carbonyl (C=O) groups is 1. The predicted octanol–water partition coefficient (Wildman–Crippen LogP) is 3.33. The van der Waals surface area contributed by atoms with E-state index in [1.54, 1.807) is 13.3 Å². The van der Waals surface area contributed by atoms with Crippen molar-refractivity contribution in [3.8, 4) is 11.8 Å². The van der Waals surface area contributed by atoms with E-state index >= 15 is 0 Å². The third-order valence-corrected chi connectivity index (χ3v) is 5.55. The molecule has 0 bridgehead atoms. The van der Waals surface area contributed by atoms with Gasteiger partial charge in [-0.1, -0.05) is 15.9 Å². The SMILES string of the molecule is CSc1[nH]c(=O)c(C(=O)N(C)C2CCOc3ccc(Br)cc32)cc1C#N. The van der Waals surface area contributed by atoms with Crippen molar-refractivity contribution in [3.63, 3.8) is 0 Å². The van der Waals surface area contributed by atoms with Crippen molar-refractivity contribution in [1.82, 2.24) is 9.88 Å². The Kier molecular flexibility index (Phi) is 5.39. The normalized spacial score (nSPS) is 15.5. The third-order valence-electron chi connectivity index (χ3n) is 4.33. The van der Waals surface area contributed by atoms with Gasteiger partial charge in [-0.3, -0.25) is 9.59 Å². The number of aromatic amines is 1. The Morgan fingerprint density at radius 3 is 2.92 bits per heavy atom. The quantitative estimate of drug-likeness (QED) is 0.750. The van der Waals surface area contributed by atoms with Gasteiger partial charge in [0.2, 0.25) is 0 Å². The lowest BCUT2D eigenvalue weighted by molar-refractivity contribution is 0.0684. The number of pyridine rings is 1. The number of carbonyl (C=O) groups excluding carboxylic acids is 1. The lowest BCUT2D eigenvalue weighted by atomic mass is 9.98. The van der Waals surface area contributed by atoms with Crippen LogP contribution in [-0.2, 0) is 0 Å². The van der Waals surface area contributed by atoms with Crippen LogP contribution < -0.4 is 10.3 Å². The van der Waals surface area contributed by atoms with Crippen molar-refractivity contribution >= 4 is 33.6 Å². The lowest BCUT2D eigenvalue weighted by Gasteiger charge is -2.33. The molecule has 6 nitrogen and oxygen atoms in total. The largest absolute Gasteiger partial charge is 0.493 e. The number of nitriles is 1. The molecule has 1 amide bonds. The Labute approximate surface area is 163 Å². The van der Waals surface area contributed by atoms with Crippen molar-refractivity contribution in [2.45, 2.75) is 17.5 Å². The van der Waals surface area contributed by atoms with Gasteiger partial charge in [-0.25, -0.2) is 0 Å². The van der Waals surface area contributed by atoms with Gasteiger partial charge in [0, 0.05) is 23.5 Å². The van der Waals surface area contributed by atoms with Crippen molar-refractivity contribution in [2.75, 3.05) is 19.9 Å². The minimum absolute atomic E-state index is 0.0371. The average molecular weight is 434 g/mol. The Balaban J connectivity index is 1.99. The van der Waals surface area contributed by atoms with E-state index in [1.807, 2.05) is 24.3 Å². The standard InChI is InChI=1S/C18H16BrN3O3S/c1-22(14-5-6-25-15-4-3-11(19)8-12(14)15)18(24)13-7-10(9-20)17(26-2)21-16(13)23/h3-4,7-8,14H,5-6H2,1-2H3,(H,21,23). The summed E-state index contributed by atoms with van der Waals surface area (Å²) < 4.78 is 6.55. The van der Waals surface area contributed by atoms with E-state index in [-0.39, 0.29) is 17.2 Å². The number of nitrogens with one attached hydrogen (secondary N) is 1. The lowest BCUT2D eigenvalue weighted by Crippen LogP contribution is -2.37. The number of aromatic nitrogens is 1. The highest BCUT2D eigenvalue weighted by Gasteiger charge is 2.30. The van der Waals surface area contributed by atoms with Crippen LogP contribution in [0.15, 0.2) is 38.6 Å². The minimum atomic E-state index is -0.494. The molecule has 1 aromatic carbocycles. The summed E-state index contributed by atoms with van der Waals surface area (Å²) in [5, 5.41) is 9.72. The summed E-state index contributed by atoms with van der Waals surface area (Å²) in [6, 6.07) is 8.84. The first-order valence-electron chi connectivity index (χ1n) is 7.87. The maximum atomic E-state index is 13.0. The zero-order chi connectivity index (χ0) is 18.8. The van der Waals surface area contributed by atoms with Crippen LogP contribution in [0.25, 0.3) is 0 Å². The molecule has 0 saturated carbocycles. The smallest absolute Gasteiger partial charge is 0.261 e. The summed E-state index contributed by atoms with van der Waals surface area (Å²) in [6.07, 6.45) is 2.38. The van der Waals surface area contributed by atoms with Crippen LogP contribution in [-0.4, -0.2) is 35.7 Å². The summed E-state index contributed by atoms with van der Waals surface area (Å²) in [5.74, 6) is 0.307. The molecule has 0 radical (unpaired) electrons. The monoisotopic (exact) mass is 433 g/mol. The van der Waals surface area contributed by atoms with Gasteiger partial charge in [0.25, 0.3) is 11.5 Å². The summed E-state index contributed by atoms with van der Waals surface area (Å²) in [4.78, 5) is 29.5. The number of H-pyrrole nitrogens is 1. The Morgan fingerprint density at radius 1 is 1.46 bits per heavy atom. The first-order valence-corrected chi connectivity index (χ1v) is 9.89. The second kappa shape index (κ2) is 7.56. The zero-order valence-corrected chi connectivity index (χ0v) is 16.6. The molecule has 0 fully saturated rings. The maximum Gasteiger partial charge on any atom is 0.261 e. The van der Waals surface area contributed by atoms with E-state index in [9.17, 15) is 14.9 Å². The number of halogens is 1. The molecule has 1 atom stereocenters. The fourth-order valence-corrected chi connectivity index (χ4v) is 3.90. The molecule has 2 aromatic rings. The van der Waals surface area contributed by atoms with E-state index in [0.29, 0.717) is 18.1 Å². The van der Waals surface area contributed by atoms with Crippen molar-refractivity contribution in [3.05, 3.63) is 55.8 Å². The zero-order valence-electron chi connectivity index (χ0n) is 14.2. The molecule has 1 aromatic heterocycles. The Hall–Kier alpha value is -2.24. The molecule has 0 aliphatic carbocycles. The molecule has 2 heterocycles. The van der Waals surface area contributed by atoms with Crippen LogP contribution in [0, 0.1) is 11.3 Å². The van der Waals surface area contributed by atoms with Crippen LogP contribution in [0.1, 0.15) is 33.9 Å². The van der Waals surface area contributed by atoms with E-state index in [4.69, 9.17) is 4.74 Å². The van der Waals surface area contributed by atoms with Gasteiger partial charge in [-0.15, -0.1) is 11.8 Å². The highest BCUT2D eigenvalue weighted by atomic mass is 79.9. The minimum Gasteiger partial charge on any atom is -0.493 e. The molecule has 134 valence electrons. The van der Waals surface area contributed by atoms with E-state index in [2.05, 4.69) is 20.9 Å². The van der Waals surface area contributed by atoms with Gasteiger partial charge in [-0.05, 0) is 30.5 Å². The molecule has 1 aliphatic rings. The first kappa shape index (κ1) is 18.5. The number of rotatable bonds is 3. The molecule has 3 rings (SSSR count). The van der Waals surface area contributed by atoms with Crippen LogP contribution >= 0.6 is 27.7 Å². The van der Waals surface area contributed by atoms with E-state index in [0.717, 1.165) is 15.8 Å². The first-order chi connectivity index (χ1) is 12.5. The third kappa shape index (κ3) is 3.37. The van der Waals surface area contributed by atoms with Crippen LogP contribution in [0.3, 0.4) is 0 Å². The second-order valence-corrected chi connectivity index (χ2v) is 7.55. The molecule has 0 spiro atoms. The summed E-state index contributed by atoms with van der Waals surface area (Å²) in [7, 11) is 1.66. The van der Waals surface area contributed by atoms with Gasteiger partial charge in [0.1, 0.15) is 17.4 Å². The van der Waals surface area contributed by atoms with Gasteiger partial charge in [0.15, 0.2) is 0 Å². The number of hydrogen-bond donors (Lipinski definition) is 1. The number of fused-ring (bicyclic) bond motifs is 1. The number of amides is 1. The molecule has 1 N–H and O–H groups in total. The van der Waals surface area contributed by atoms with Crippen LogP contribution in [0.5, 0.6) is 5.75 Å². The highest BCUT2D eigenvalue weighted by Crippen LogP contribution is 2.37. The maximum absolute atomic E-state index is 13.0. The Morgan fingerprint density at radius 2 is 2.23 bits per heavy atom. The Bertz CT molecular complexity index is 967. The van der Waals surface area contributed by atoms with Gasteiger partial charge >= 0.3 is 0 Å². The summed E-state index contributed by atoms with van der Waals surface area (Å²) in [6.45, 7) is 0.488. The topological polar surface area (TPSA) is 86.2 Å². The van der Waals surface area contributed by atoms with Crippen molar-refractivity contribution < 1.29 is 9.53 Å². The molecule has 8 heteroatoms. The average Bonchev–Trinajstić information content (AvgIpc) is 2.66. The number of ether oxygens (including phenoxy) is 1. The fourth-order valence-electron chi connectivity index (χ4n) is 3.00. The molecular formula is C18H16BrN3O3S. The van der Waals surface area contributed by atoms with Crippen LogP contribution in [0.2, 0.25) is 0 Å². The van der Waals surface area contributed by atoms with E-state index in [1.165, 1.54) is 22.7 Å². The molecule has 1 aliphatic heterocycles. The van der Waals surface area contributed by atoms with Gasteiger partial charge < -0.3 is 14.6 Å². The van der Waals surface area contributed by atoms with Crippen molar-refractivity contribution in [1.29, 1.82) is 5.26 Å². The summed E-state index contributed by atoms with van der Waals surface area (Å²) in [5.41, 5.74) is 0.639. The molecular weight excluding hydrogens is 418 g/mol. The number of nitrogens with zero attached hydrogens (tertiary/aromatic N) is 2. The highest BCUT2D eigenvalue weighted by molar-refractivity contribution is 9.10. The number of benzene rings is 1. The predicted molar refractivity (Wildman–Crippen MR) is 103 cm³/mol. The molecule has 26 heavy (non-hydrogen) atoms. The second-order valence-electron chi connectivity index (χ2n) is 5.82. The fraction of sp³-hybridized carbons (Fsp3) is 0.278. The van der Waals surface area contributed by atoms with Crippen molar-refractivity contribution in [2.24, 2.45) is 0 Å². The molecule has 1 unspecified atom stereocenters. The van der Waals surface area contributed by atoms with E-state index < -0.39 is 11.5 Å². The summed E-state index contributed by atoms with van der Waals surface area (Å²) >= 11 is 4.70. The van der Waals surface area contributed by atoms with Gasteiger partial charge in [0.05, 0.1) is 23.2 Å². The van der Waals surface area contributed by atoms with Crippen LogP contribution in [0.4, 0.5) is 0 Å².